The number of amides is 1. The summed E-state index contributed by atoms with van der Waals surface area (Å²) in [5.41, 5.74) is 6.31. The van der Waals surface area contributed by atoms with Crippen molar-refractivity contribution in [2.45, 2.75) is 63.3 Å². The van der Waals surface area contributed by atoms with Crippen molar-refractivity contribution >= 4 is 5.91 Å². The van der Waals surface area contributed by atoms with Gasteiger partial charge < -0.3 is 11.1 Å². The van der Waals surface area contributed by atoms with Crippen molar-refractivity contribution in [1.29, 1.82) is 0 Å². The van der Waals surface area contributed by atoms with Gasteiger partial charge in [-0.25, -0.2) is 4.39 Å². The van der Waals surface area contributed by atoms with Crippen molar-refractivity contribution in [3.8, 4) is 0 Å². The maximum absolute atomic E-state index is 13.2. The quantitative estimate of drug-likeness (QED) is 0.847. The first-order valence-corrected chi connectivity index (χ1v) is 8.23. The summed E-state index contributed by atoms with van der Waals surface area (Å²) in [5.74, 6) is -0.318. The number of halogens is 1. The van der Waals surface area contributed by atoms with E-state index >= 15 is 0 Å². The van der Waals surface area contributed by atoms with Crippen LogP contribution in [0.4, 0.5) is 4.39 Å². The second-order valence-electron chi connectivity index (χ2n) is 6.84. The molecule has 1 aromatic rings. The highest BCUT2D eigenvalue weighted by Crippen LogP contribution is 2.40. The molecule has 1 saturated carbocycles. The Kier molecular flexibility index (Phi) is 5.22. The smallest absolute Gasteiger partial charge is 0.239 e. The first-order chi connectivity index (χ1) is 10.4. The zero-order valence-corrected chi connectivity index (χ0v) is 13.6. The Morgan fingerprint density at radius 2 is 1.91 bits per heavy atom. The van der Waals surface area contributed by atoms with Crippen molar-refractivity contribution < 1.29 is 9.18 Å². The van der Waals surface area contributed by atoms with E-state index in [0.717, 1.165) is 37.7 Å². The number of nitrogens with one attached hydrogen (secondary N) is 1. The van der Waals surface area contributed by atoms with Gasteiger partial charge in [0.1, 0.15) is 5.82 Å². The lowest BCUT2D eigenvalue weighted by molar-refractivity contribution is -0.126. The molecule has 1 amide bonds. The van der Waals surface area contributed by atoms with Crippen molar-refractivity contribution in [3.63, 3.8) is 0 Å². The Bertz CT molecular complexity index is 504. The number of hydrogen-bond acceptors (Lipinski definition) is 2. The Morgan fingerprint density at radius 1 is 1.32 bits per heavy atom. The molecule has 3 nitrogen and oxygen atoms in total. The van der Waals surface area contributed by atoms with Gasteiger partial charge in [0, 0.05) is 12.0 Å². The summed E-state index contributed by atoms with van der Waals surface area (Å²) >= 11 is 0. The molecule has 0 aromatic heterocycles. The summed E-state index contributed by atoms with van der Waals surface area (Å²) in [7, 11) is 0. The summed E-state index contributed by atoms with van der Waals surface area (Å²) in [5, 5.41) is 3.05. The van der Waals surface area contributed by atoms with Gasteiger partial charge in [0.2, 0.25) is 5.91 Å². The van der Waals surface area contributed by atoms with Gasteiger partial charge in [-0.2, -0.15) is 0 Å². The minimum absolute atomic E-state index is 0.0777. The molecule has 0 radical (unpaired) electrons. The highest BCUT2D eigenvalue weighted by Gasteiger charge is 2.37. The van der Waals surface area contributed by atoms with Gasteiger partial charge in [0.15, 0.2) is 0 Å². The fourth-order valence-electron chi connectivity index (χ4n) is 3.51. The third-order valence-corrected chi connectivity index (χ3v) is 4.89. The van der Waals surface area contributed by atoms with E-state index in [9.17, 15) is 9.18 Å². The molecule has 0 saturated heterocycles. The molecule has 1 aromatic carbocycles. The zero-order chi connectivity index (χ0) is 16.2. The van der Waals surface area contributed by atoms with Gasteiger partial charge in [0.05, 0.1) is 5.54 Å². The second-order valence-corrected chi connectivity index (χ2v) is 6.84. The maximum atomic E-state index is 13.2. The van der Waals surface area contributed by atoms with Crippen molar-refractivity contribution in [2.24, 2.45) is 5.73 Å². The molecule has 0 heterocycles. The van der Waals surface area contributed by atoms with E-state index in [0.29, 0.717) is 13.0 Å². The van der Waals surface area contributed by atoms with E-state index < -0.39 is 5.54 Å². The van der Waals surface area contributed by atoms with Gasteiger partial charge in [-0.05, 0) is 43.9 Å². The number of carbonyl (C=O) groups excluding carboxylic acids is 1. The lowest BCUT2D eigenvalue weighted by Gasteiger charge is -2.32. The van der Waals surface area contributed by atoms with Crippen LogP contribution in [0.2, 0.25) is 0 Å². The molecular weight excluding hydrogens is 279 g/mol. The van der Waals surface area contributed by atoms with Crippen LogP contribution in [0.1, 0.15) is 57.9 Å². The number of carbonyl (C=O) groups is 1. The van der Waals surface area contributed by atoms with E-state index in [-0.39, 0.29) is 17.1 Å². The third kappa shape index (κ3) is 3.67. The van der Waals surface area contributed by atoms with E-state index in [4.69, 9.17) is 5.73 Å². The fraction of sp³-hybridized carbons (Fsp3) is 0.611. The van der Waals surface area contributed by atoms with Crippen LogP contribution in [-0.2, 0) is 10.2 Å². The summed E-state index contributed by atoms with van der Waals surface area (Å²) in [6.07, 6.45) is 5.87. The normalized spacial score (nSPS) is 19.6. The SMILES string of the molecule is CCCC(C)(N)C(=O)NCC1(c2ccc(F)cc2)CCCC1. The number of hydrogen-bond donors (Lipinski definition) is 2. The van der Waals surface area contributed by atoms with Crippen LogP contribution in [0.5, 0.6) is 0 Å². The van der Waals surface area contributed by atoms with Crippen LogP contribution in [0, 0.1) is 5.82 Å². The molecule has 3 N–H and O–H groups in total. The summed E-state index contributed by atoms with van der Waals surface area (Å²) in [6.45, 7) is 4.38. The van der Waals surface area contributed by atoms with Gasteiger partial charge in [0.25, 0.3) is 0 Å². The first kappa shape index (κ1) is 16.9. The Hall–Kier alpha value is -1.42. The van der Waals surface area contributed by atoms with Crippen molar-refractivity contribution in [2.75, 3.05) is 6.54 Å². The number of rotatable bonds is 6. The minimum Gasteiger partial charge on any atom is -0.354 e. The monoisotopic (exact) mass is 306 g/mol. The molecule has 0 spiro atoms. The Balaban J connectivity index is 2.10. The van der Waals surface area contributed by atoms with E-state index in [2.05, 4.69) is 5.32 Å². The lowest BCUT2D eigenvalue weighted by atomic mass is 9.78. The predicted octanol–water partition coefficient (Wildman–Crippen LogP) is 3.27. The highest BCUT2D eigenvalue weighted by molar-refractivity contribution is 5.85. The molecule has 122 valence electrons. The van der Waals surface area contributed by atoms with Crippen LogP contribution < -0.4 is 11.1 Å². The summed E-state index contributed by atoms with van der Waals surface area (Å²) in [6, 6.07) is 6.70. The van der Waals surface area contributed by atoms with Gasteiger partial charge in [-0.15, -0.1) is 0 Å². The molecule has 1 atom stereocenters. The van der Waals surface area contributed by atoms with Crippen molar-refractivity contribution in [1.82, 2.24) is 5.32 Å². The molecule has 1 fully saturated rings. The topological polar surface area (TPSA) is 55.1 Å². The molecule has 1 unspecified atom stereocenters. The molecule has 22 heavy (non-hydrogen) atoms. The number of nitrogens with two attached hydrogens (primary N) is 1. The van der Waals surface area contributed by atoms with Crippen LogP contribution in [0.3, 0.4) is 0 Å². The summed E-state index contributed by atoms with van der Waals surface area (Å²) in [4.78, 5) is 12.3. The van der Waals surface area contributed by atoms with Crippen molar-refractivity contribution in [3.05, 3.63) is 35.6 Å². The Labute approximate surface area is 132 Å². The van der Waals surface area contributed by atoms with Crippen LogP contribution in [0.25, 0.3) is 0 Å². The third-order valence-electron chi connectivity index (χ3n) is 4.89. The molecule has 1 aliphatic rings. The van der Waals surface area contributed by atoms with Crippen LogP contribution in [0.15, 0.2) is 24.3 Å². The van der Waals surface area contributed by atoms with E-state index in [1.54, 1.807) is 6.92 Å². The van der Waals surface area contributed by atoms with E-state index in [1.807, 2.05) is 19.1 Å². The second kappa shape index (κ2) is 6.78. The molecule has 0 bridgehead atoms. The van der Waals surface area contributed by atoms with Gasteiger partial charge >= 0.3 is 0 Å². The molecule has 1 aliphatic carbocycles. The zero-order valence-electron chi connectivity index (χ0n) is 13.6. The lowest BCUT2D eigenvalue weighted by Crippen LogP contribution is -2.54. The number of benzene rings is 1. The largest absolute Gasteiger partial charge is 0.354 e. The standard InChI is InChI=1S/C18H27FN2O/c1-3-10-17(2,20)16(22)21-13-18(11-4-5-12-18)14-6-8-15(19)9-7-14/h6-9H,3-5,10-13,20H2,1-2H3,(H,21,22). The van der Waals surface area contributed by atoms with E-state index in [1.165, 1.54) is 12.1 Å². The average Bonchev–Trinajstić information content (AvgIpc) is 2.95. The molecular formula is C18H27FN2O. The summed E-state index contributed by atoms with van der Waals surface area (Å²) < 4.78 is 13.2. The maximum Gasteiger partial charge on any atom is 0.239 e. The Morgan fingerprint density at radius 3 is 2.45 bits per heavy atom. The average molecular weight is 306 g/mol. The fourth-order valence-corrected chi connectivity index (χ4v) is 3.51. The van der Waals surface area contributed by atoms with Gasteiger partial charge in [-0.3, -0.25) is 4.79 Å². The minimum atomic E-state index is -0.822. The predicted molar refractivity (Wildman–Crippen MR) is 87.1 cm³/mol. The molecule has 0 aliphatic heterocycles. The van der Waals surface area contributed by atoms with Crippen LogP contribution >= 0.6 is 0 Å². The molecule has 4 heteroatoms. The highest BCUT2D eigenvalue weighted by atomic mass is 19.1. The molecule has 2 rings (SSSR count). The first-order valence-electron chi connectivity index (χ1n) is 8.23. The van der Waals surface area contributed by atoms with Crippen LogP contribution in [-0.4, -0.2) is 18.0 Å². The van der Waals surface area contributed by atoms with Gasteiger partial charge in [-0.1, -0.05) is 38.3 Å².